The van der Waals surface area contributed by atoms with Crippen molar-refractivity contribution in [1.82, 2.24) is 5.06 Å². The molecular formula is C8H11NO5. The fraction of sp³-hybridized carbons (Fsp3) is 0.625. The normalized spacial score (nSPS) is 26.4. The van der Waals surface area contributed by atoms with E-state index in [2.05, 4.69) is 4.74 Å². The van der Waals surface area contributed by atoms with Crippen LogP contribution in [0.25, 0.3) is 0 Å². The summed E-state index contributed by atoms with van der Waals surface area (Å²) in [5, 5.41) is 0.770. The number of amides is 1. The third-order valence-electron chi connectivity index (χ3n) is 2.23. The zero-order valence-corrected chi connectivity index (χ0v) is 7.98. The van der Waals surface area contributed by atoms with E-state index in [1.54, 1.807) is 0 Å². The van der Waals surface area contributed by atoms with E-state index in [0.29, 0.717) is 6.29 Å². The van der Waals surface area contributed by atoms with Gasteiger partial charge >= 0.3 is 5.97 Å². The first-order chi connectivity index (χ1) is 6.62. The Morgan fingerprint density at radius 3 is 2.64 bits per heavy atom. The molecule has 0 aromatic heterocycles. The van der Waals surface area contributed by atoms with Gasteiger partial charge < -0.3 is 4.74 Å². The number of carbonyl (C=O) groups is 3. The molecule has 1 fully saturated rings. The van der Waals surface area contributed by atoms with Gasteiger partial charge in [-0.15, -0.1) is 0 Å². The van der Waals surface area contributed by atoms with Crippen molar-refractivity contribution in [3.8, 4) is 0 Å². The molecule has 1 rings (SSSR count). The molecule has 1 amide bonds. The molecule has 1 aliphatic heterocycles. The first-order valence-electron chi connectivity index (χ1n) is 4.04. The third-order valence-corrected chi connectivity index (χ3v) is 2.23. The molecule has 1 heterocycles. The van der Waals surface area contributed by atoms with Crippen molar-refractivity contribution < 1.29 is 24.0 Å². The van der Waals surface area contributed by atoms with Crippen LogP contribution >= 0.6 is 0 Å². The van der Waals surface area contributed by atoms with Crippen LogP contribution in [0.2, 0.25) is 0 Å². The Morgan fingerprint density at radius 1 is 1.57 bits per heavy atom. The molecule has 0 N–H and O–H groups in total. The van der Waals surface area contributed by atoms with E-state index in [-0.39, 0.29) is 12.8 Å². The lowest BCUT2D eigenvalue weighted by Crippen LogP contribution is -2.53. The lowest BCUT2D eigenvalue weighted by molar-refractivity contribution is -0.204. The van der Waals surface area contributed by atoms with E-state index >= 15 is 0 Å². The second-order valence-corrected chi connectivity index (χ2v) is 2.90. The standard InChI is InChI=1S/C8H11NO5/c1-13-7(12)8(5-10)4-3-6(11)9(8)14-2/h5H,3-4H2,1-2H3. The molecule has 6 heteroatoms. The molecule has 0 aliphatic carbocycles. The van der Waals surface area contributed by atoms with Gasteiger partial charge in [0.25, 0.3) is 0 Å². The Morgan fingerprint density at radius 2 is 2.21 bits per heavy atom. The van der Waals surface area contributed by atoms with Gasteiger partial charge in [-0.2, -0.15) is 5.06 Å². The van der Waals surface area contributed by atoms with E-state index in [1.807, 2.05) is 0 Å². The third kappa shape index (κ3) is 1.27. The average Bonchev–Trinajstić information content (AvgIpc) is 2.54. The van der Waals surface area contributed by atoms with E-state index in [4.69, 9.17) is 4.84 Å². The highest BCUT2D eigenvalue weighted by Gasteiger charge is 2.53. The molecule has 0 radical (unpaired) electrons. The Labute approximate surface area is 80.7 Å². The lowest BCUT2D eigenvalue weighted by atomic mass is 10.00. The number of nitrogens with zero attached hydrogens (tertiary/aromatic N) is 1. The summed E-state index contributed by atoms with van der Waals surface area (Å²) in [5.74, 6) is -1.18. The number of rotatable bonds is 3. The molecule has 1 saturated heterocycles. The lowest BCUT2D eigenvalue weighted by Gasteiger charge is -2.28. The van der Waals surface area contributed by atoms with Gasteiger partial charge in [-0.25, -0.2) is 4.79 Å². The van der Waals surface area contributed by atoms with Crippen molar-refractivity contribution in [3.63, 3.8) is 0 Å². The summed E-state index contributed by atoms with van der Waals surface area (Å²) in [6, 6.07) is 0. The summed E-state index contributed by atoms with van der Waals surface area (Å²) >= 11 is 0. The quantitative estimate of drug-likeness (QED) is 0.342. The number of carbonyl (C=O) groups excluding carboxylic acids is 3. The minimum Gasteiger partial charge on any atom is -0.467 e. The van der Waals surface area contributed by atoms with E-state index in [9.17, 15) is 14.4 Å². The minimum atomic E-state index is -1.60. The Kier molecular flexibility index (Phi) is 2.85. The van der Waals surface area contributed by atoms with Crippen molar-refractivity contribution in [2.75, 3.05) is 14.2 Å². The largest absolute Gasteiger partial charge is 0.467 e. The zero-order valence-electron chi connectivity index (χ0n) is 7.98. The maximum Gasteiger partial charge on any atom is 0.341 e. The summed E-state index contributed by atoms with van der Waals surface area (Å²) in [6.45, 7) is 0. The second-order valence-electron chi connectivity index (χ2n) is 2.90. The number of esters is 1. The van der Waals surface area contributed by atoms with Gasteiger partial charge in [0.05, 0.1) is 14.2 Å². The van der Waals surface area contributed by atoms with E-state index in [1.165, 1.54) is 7.11 Å². The van der Waals surface area contributed by atoms with Gasteiger partial charge in [-0.3, -0.25) is 14.4 Å². The average molecular weight is 201 g/mol. The molecule has 1 aliphatic rings. The van der Waals surface area contributed by atoms with Crippen LogP contribution in [0.3, 0.4) is 0 Å². The van der Waals surface area contributed by atoms with E-state index in [0.717, 1.165) is 12.2 Å². The Hall–Kier alpha value is -1.43. The predicted octanol–water partition coefficient (Wildman–Crippen LogP) is -0.719. The number of methoxy groups -OCH3 is 1. The number of hydrogen-bond donors (Lipinski definition) is 0. The number of hydrogen-bond acceptors (Lipinski definition) is 5. The molecule has 1 unspecified atom stereocenters. The van der Waals surface area contributed by atoms with Crippen LogP contribution in [-0.2, 0) is 24.0 Å². The van der Waals surface area contributed by atoms with Crippen LogP contribution in [0.1, 0.15) is 12.8 Å². The fourth-order valence-corrected chi connectivity index (χ4v) is 1.50. The van der Waals surface area contributed by atoms with Crippen LogP contribution in [0.5, 0.6) is 0 Å². The number of hydroxylamine groups is 2. The second kappa shape index (κ2) is 3.75. The van der Waals surface area contributed by atoms with Crippen LogP contribution < -0.4 is 0 Å². The van der Waals surface area contributed by atoms with E-state index < -0.39 is 17.4 Å². The fourth-order valence-electron chi connectivity index (χ4n) is 1.50. The number of ether oxygens (including phenoxy) is 1. The van der Waals surface area contributed by atoms with Crippen LogP contribution in [0, 0.1) is 0 Å². The summed E-state index contributed by atoms with van der Waals surface area (Å²) in [5.41, 5.74) is -1.60. The van der Waals surface area contributed by atoms with Crippen molar-refractivity contribution in [2.24, 2.45) is 0 Å². The summed E-state index contributed by atoms with van der Waals surface area (Å²) in [6.07, 6.45) is 0.574. The minimum absolute atomic E-state index is 0.0931. The molecule has 0 aromatic carbocycles. The van der Waals surface area contributed by atoms with Gasteiger partial charge in [0, 0.05) is 6.42 Å². The summed E-state index contributed by atoms with van der Waals surface area (Å²) in [4.78, 5) is 38.2. The Balaban J connectivity index is 3.05. The monoisotopic (exact) mass is 201 g/mol. The van der Waals surface area contributed by atoms with Crippen LogP contribution in [0.15, 0.2) is 0 Å². The molecule has 0 bridgehead atoms. The molecule has 0 aromatic rings. The highest BCUT2D eigenvalue weighted by molar-refractivity contribution is 6.04. The topological polar surface area (TPSA) is 72.9 Å². The van der Waals surface area contributed by atoms with Gasteiger partial charge in [0.2, 0.25) is 11.4 Å². The Bertz CT molecular complexity index is 277. The summed E-state index contributed by atoms with van der Waals surface area (Å²) in [7, 11) is 2.38. The van der Waals surface area contributed by atoms with Gasteiger partial charge in [-0.1, -0.05) is 0 Å². The molecule has 0 spiro atoms. The van der Waals surface area contributed by atoms with Crippen LogP contribution in [-0.4, -0.2) is 43.0 Å². The highest BCUT2D eigenvalue weighted by Crippen LogP contribution is 2.29. The molecule has 14 heavy (non-hydrogen) atoms. The molecule has 6 nitrogen and oxygen atoms in total. The SMILES string of the molecule is COC(=O)C1(C=O)CCC(=O)N1OC. The van der Waals surface area contributed by atoms with Gasteiger partial charge in [0.1, 0.15) is 0 Å². The van der Waals surface area contributed by atoms with Crippen molar-refractivity contribution in [2.45, 2.75) is 18.4 Å². The van der Waals surface area contributed by atoms with Crippen molar-refractivity contribution in [3.05, 3.63) is 0 Å². The molecular weight excluding hydrogens is 190 g/mol. The maximum atomic E-state index is 11.4. The highest BCUT2D eigenvalue weighted by atomic mass is 16.7. The molecule has 0 saturated carbocycles. The van der Waals surface area contributed by atoms with Crippen LogP contribution in [0.4, 0.5) is 0 Å². The van der Waals surface area contributed by atoms with Gasteiger partial charge in [0.15, 0.2) is 6.29 Å². The predicted molar refractivity (Wildman–Crippen MR) is 43.9 cm³/mol. The first-order valence-corrected chi connectivity index (χ1v) is 4.04. The zero-order chi connectivity index (χ0) is 10.8. The first kappa shape index (κ1) is 10.6. The van der Waals surface area contributed by atoms with Crippen molar-refractivity contribution >= 4 is 18.2 Å². The van der Waals surface area contributed by atoms with Crippen molar-refractivity contribution in [1.29, 1.82) is 0 Å². The summed E-state index contributed by atoms with van der Waals surface area (Å²) < 4.78 is 4.46. The molecule has 1 atom stereocenters. The smallest absolute Gasteiger partial charge is 0.341 e. The number of aldehydes is 1. The van der Waals surface area contributed by atoms with Gasteiger partial charge in [-0.05, 0) is 6.42 Å². The maximum absolute atomic E-state index is 11.4. The molecule has 78 valence electrons.